The van der Waals surface area contributed by atoms with Gasteiger partial charge in [-0.05, 0) is 17.7 Å². The van der Waals surface area contributed by atoms with Gasteiger partial charge in [0.2, 0.25) is 6.39 Å². The zero-order valence-electron chi connectivity index (χ0n) is 7.98. The summed E-state index contributed by atoms with van der Waals surface area (Å²) in [4.78, 5) is 3.90. The quantitative estimate of drug-likeness (QED) is 0.862. The van der Waals surface area contributed by atoms with E-state index >= 15 is 0 Å². The molecule has 0 aliphatic rings. The van der Waals surface area contributed by atoms with E-state index < -0.39 is 0 Å². The fraction of sp³-hybridized carbons (Fsp3) is 0.200. The van der Waals surface area contributed by atoms with Crippen molar-refractivity contribution in [2.75, 3.05) is 0 Å². The topological polar surface area (TPSA) is 51.0 Å². The third-order valence-corrected chi connectivity index (χ3v) is 2.18. The Hall–Kier alpha value is -1.39. The second-order valence-corrected chi connectivity index (χ2v) is 3.51. The van der Waals surface area contributed by atoms with Gasteiger partial charge in [-0.1, -0.05) is 28.9 Å². The van der Waals surface area contributed by atoms with Gasteiger partial charge in [0.15, 0.2) is 5.82 Å². The van der Waals surface area contributed by atoms with Crippen LogP contribution in [0.5, 0.6) is 0 Å². The summed E-state index contributed by atoms with van der Waals surface area (Å²) in [6.07, 6.45) is 1.32. The van der Waals surface area contributed by atoms with Crippen LogP contribution in [0.1, 0.15) is 11.4 Å². The minimum absolute atomic E-state index is 0.596. The lowest BCUT2D eigenvalue weighted by atomic mass is 10.2. The number of hydrogen-bond acceptors (Lipinski definition) is 4. The molecule has 15 heavy (non-hydrogen) atoms. The maximum Gasteiger partial charge on any atom is 0.213 e. The molecule has 1 N–H and O–H groups in total. The van der Waals surface area contributed by atoms with E-state index in [0.29, 0.717) is 12.4 Å². The summed E-state index contributed by atoms with van der Waals surface area (Å²) < 4.78 is 4.61. The van der Waals surface area contributed by atoms with Gasteiger partial charge in [-0.25, -0.2) is 0 Å². The van der Waals surface area contributed by atoms with Crippen molar-refractivity contribution in [3.63, 3.8) is 0 Å². The fourth-order valence-corrected chi connectivity index (χ4v) is 1.32. The van der Waals surface area contributed by atoms with Gasteiger partial charge >= 0.3 is 0 Å². The lowest BCUT2D eigenvalue weighted by Crippen LogP contribution is -2.13. The van der Waals surface area contributed by atoms with E-state index in [2.05, 4.69) is 20.0 Å². The number of nitrogens with one attached hydrogen (secondary N) is 1. The Labute approximate surface area is 92.3 Å². The molecule has 2 rings (SSSR count). The largest absolute Gasteiger partial charge is 0.343 e. The van der Waals surface area contributed by atoms with Gasteiger partial charge in [0.25, 0.3) is 0 Å². The number of benzene rings is 1. The SMILES string of the molecule is Clc1ccc(CNCc2ncon2)cc1. The third kappa shape index (κ3) is 3.04. The van der Waals surface area contributed by atoms with Crippen LogP contribution in [0.2, 0.25) is 5.02 Å². The van der Waals surface area contributed by atoms with E-state index in [9.17, 15) is 0 Å². The highest BCUT2D eigenvalue weighted by Crippen LogP contribution is 2.09. The lowest BCUT2D eigenvalue weighted by Gasteiger charge is -2.01. The first kappa shape index (κ1) is 10.1. The van der Waals surface area contributed by atoms with Crippen LogP contribution >= 0.6 is 11.6 Å². The minimum Gasteiger partial charge on any atom is -0.343 e. The Morgan fingerprint density at radius 1 is 1.20 bits per heavy atom. The van der Waals surface area contributed by atoms with Crippen molar-refractivity contribution in [3.05, 3.63) is 47.1 Å². The predicted molar refractivity (Wildman–Crippen MR) is 56.3 cm³/mol. The van der Waals surface area contributed by atoms with Crippen LogP contribution in [0.25, 0.3) is 0 Å². The molecule has 0 atom stereocenters. The average Bonchev–Trinajstić information content (AvgIpc) is 2.74. The molecule has 0 saturated heterocycles. The van der Waals surface area contributed by atoms with Crippen molar-refractivity contribution >= 4 is 11.6 Å². The lowest BCUT2D eigenvalue weighted by molar-refractivity contribution is 0.407. The van der Waals surface area contributed by atoms with E-state index in [-0.39, 0.29) is 0 Å². The third-order valence-electron chi connectivity index (χ3n) is 1.93. The van der Waals surface area contributed by atoms with Crippen LogP contribution in [0.4, 0.5) is 0 Å². The molecule has 0 aliphatic heterocycles. The first-order valence-electron chi connectivity index (χ1n) is 4.55. The molecule has 0 aliphatic carbocycles. The molecule has 4 nitrogen and oxygen atoms in total. The number of rotatable bonds is 4. The maximum atomic E-state index is 5.77. The summed E-state index contributed by atoms with van der Waals surface area (Å²) in [5, 5.41) is 7.63. The molecule has 0 saturated carbocycles. The van der Waals surface area contributed by atoms with Crippen LogP contribution in [0.15, 0.2) is 35.2 Å². The van der Waals surface area contributed by atoms with Crippen molar-refractivity contribution in [3.8, 4) is 0 Å². The summed E-state index contributed by atoms with van der Waals surface area (Å²) in [6.45, 7) is 1.35. The first-order chi connectivity index (χ1) is 7.34. The molecule has 2 aromatic rings. The molecule has 0 amide bonds. The number of nitrogens with zero attached hydrogens (tertiary/aromatic N) is 2. The Balaban J connectivity index is 1.81. The van der Waals surface area contributed by atoms with Crippen LogP contribution in [-0.2, 0) is 13.1 Å². The normalized spacial score (nSPS) is 10.5. The van der Waals surface area contributed by atoms with Gasteiger partial charge in [0.05, 0.1) is 6.54 Å². The van der Waals surface area contributed by atoms with E-state index in [1.54, 1.807) is 0 Å². The Kier molecular flexibility index (Phi) is 3.32. The Morgan fingerprint density at radius 3 is 2.67 bits per heavy atom. The standard InChI is InChI=1S/C10H10ClN3O/c11-9-3-1-8(2-4-9)5-12-6-10-13-7-15-14-10/h1-4,7,12H,5-6H2. The molecule has 0 spiro atoms. The molecule has 1 aromatic carbocycles. The molecule has 0 unspecified atom stereocenters. The van der Waals surface area contributed by atoms with Crippen molar-refractivity contribution in [2.24, 2.45) is 0 Å². The van der Waals surface area contributed by atoms with Crippen LogP contribution in [0, 0.1) is 0 Å². The highest BCUT2D eigenvalue weighted by molar-refractivity contribution is 6.30. The molecule has 0 fully saturated rings. The van der Waals surface area contributed by atoms with E-state index in [4.69, 9.17) is 11.6 Å². The Bertz CT molecular complexity index is 399. The molecule has 0 radical (unpaired) electrons. The smallest absolute Gasteiger partial charge is 0.213 e. The van der Waals surface area contributed by atoms with Crippen LogP contribution in [-0.4, -0.2) is 10.1 Å². The van der Waals surface area contributed by atoms with Gasteiger partial charge in [-0.2, -0.15) is 4.98 Å². The average molecular weight is 224 g/mol. The van der Waals surface area contributed by atoms with Crippen molar-refractivity contribution in [1.82, 2.24) is 15.5 Å². The number of hydrogen-bond donors (Lipinski definition) is 1. The van der Waals surface area contributed by atoms with Crippen molar-refractivity contribution in [1.29, 1.82) is 0 Å². The minimum atomic E-state index is 0.596. The number of aromatic nitrogens is 2. The van der Waals surface area contributed by atoms with Crippen molar-refractivity contribution < 1.29 is 4.52 Å². The summed E-state index contributed by atoms with van der Waals surface area (Å²) in [5.41, 5.74) is 1.17. The molecule has 0 bridgehead atoms. The van der Waals surface area contributed by atoms with Gasteiger partial charge in [-0.3, -0.25) is 0 Å². The maximum absolute atomic E-state index is 5.77. The summed E-state index contributed by atoms with van der Waals surface area (Å²) in [6, 6.07) is 7.69. The highest BCUT2D eigenvalue weighted by atomic mass is 35.5. The zero-order chi connectivity index (χ0) is 10.5. The molecule has 78 valence electrons. The van der Waals surface area contributed by atoms with Crippen LogP contribution in [0.3, 0.4) is 0 Å². The first-order valence-corrected chi connectivity index (χ1v) is 4.93. The summed E-state index contributed by atoms with van der Waals surface area (Å²) in [5.74, 6) is 0.656. The second kappa shape index (κ2) is 4.91. The van der Waals surface area contributed by atoms with Gasteiger partial charge < -0.3 is 9.84 Å². The van der Waals surface area contributed by atoms with Crippen molar-refractivity contribution in [2.45, 2.75) is 13.1 Å². The molecular formula is C10H10ClN3O. The van der Waals surface area contributed by atoms with E-state index in [1.807, 2.05) is 24.3 Å². The predicted octanol–water partition coefficient (Wildman–Crippen LogP) is 2.01. The molecule has 5 heteroatoms. The summed E-state index contributed by atoms with van der Waals surface area (Å²) in [7, 11) is 0. The monoisotopic (exact) mass is 223 g/mol. The van der Waals surface area contributed by atoms with Gasteiger partial charge in [0, 0.05) is 11.6 Å². The Morgan fingerprint density at radius 2 is 2.00 bits per heavy atom. The van der Waals surface area contributed by atoms with Gasteiger partial charge in [0.1, 0.15) is 0 Å². The van der Waals surface area contributed by atoms with Crippen LogP contribution < -0.4 is 5.32 Å². The summed E-state index contributed by atoms with van der Waals surface area (Å²) >= 11 is 5.77. The molecule has 1 aromatic heterocycles. The zero-order valence-corrected chi connectivity index (χ0v) is 8.74. The second-order valence-electron chi connectivity index (χ2n) is 3.08. The van der Waals surface area contributed by atoms with E-state index in [1.165, 1.54) is 12.0 Å². The van der Waals surface area contributed by atoms with E-state index in [0.717, 1.165) is 11.6 Å². The molecule has 1 heterocycles. The fourth-order valence-electron chi connectivity index (χ4n) is 1.19. The number of halogens is 1. The highest BCUT2D eigenvalue weighted by Gasteiger charge is 1.97. The molecular weight excluding hydrogens is 214 g/mol. The van der Waals surface area contributed by atoms with Gasteiger partial charge in [-0.15, -0.1) is 0 Å².